The highest BCUT2D eigenvalue weighted by atomic mass is 16.5. The number of H-pyrrole nitrogens is 1. The molecule has 5 aromatic rings. The first-order chi connectivity index (χ1) is 15.7. The SMILES string of the molecule is Cc1ccc2nc(-c3ccc(C(=O)Nc4ccccc4Oc4ccccc4)cc3)[nH]c2c1. The number of carbonyl (C=O) groups excluding carboxylic acids is 1. The summed E-state index contributed by atoms with van der Waals surface area (Å²) in [4.78, 5) is 20.8. The van der Waals surface area contributed by atoms with E-state index in [-0.39, 0.29) is 5.91 Å². The molecular formula is C27H21N3O2. The number of aromatic nitrogens is 2. The van der Waals surface area contributed by atoms with Gasteiger partial charge in [0.2, 0.25) is 0 Å². The van der Waals surface area contributed by atoms with Crippen LogP contribution in [0, 0.1) is 6.92 Å². The maximum Gasteiger partial charge on any atom is 0.255 e. The number of nitrogens with one attached hydrogen (secondary N) is 2. The lowest BCUT2D eigenvalue weighted by Crippen LogP contribution is -2.12. The lowest BCUT2D eigenvalue weighted by atomic mass is 10.1. The minimum Gasteiger partial charge on any atom is -0.455 e. The molecule has 2 N–H and O–H groups in total. The van der Waals surface area contributed by atoms with Gasteiger partial charge < -0.3 is 15.0 Å². The minimum atomic E-state index is -0.208. The number of aryl methyl sites for hydroxylation is 1. The monoisotopic (exact) mass is 419 g/mol. The maximum absolute atomic E-state index is 12.9. The van der Waals surface area contributed by atoms with Gasteiger partial charge in [0.1, 0.15) is 11.6 Å². The second-order valence-corrected chi connectivity index (χ2v) is 7.55. The smallest absolute Gasteiger partial charge is 0.255 e. The van der Waals surface area contributed by atoms with E-state index in [1.54, 1.807) is 12.1 Å². The molecule has 0 spiro atoms. The van der Waals surface area contributed by atoms with E-state index in [4.69, 9.17) is 4.74 Å². The van der Waals surface area contributed by atoms with Crippen molar-refractivity contribution in [3.8, 4) is 22.9 Å². The third-order valence-electron chi connectivity index (χ3n) is 5.16. The average molecular weight is 419 g/mol. The van der Waals surface area contributed by atoms with Crippen LogP contribution >= 0.6 is 0 Å². The number of amides is 1. The fourth-order valence-corrected chi connectivity index (χ4v) is 3.51. The van der Waals surface area contributed by atoms with Crippen molar-refractivity contribution in [2.75, 3.05) is 5.32 Å². The van der Waals surface area contributed by atoms with Gasteiger partial charge in [0, 0.05) is 11.1 Å². The van der Waals surface area contributed by atoms with E-state index in [1.807, 2.05) is 78.9 Å². The molecule has 0 saturated heterocycles. The third-order valence-corrected chi connectivity index (χ3v) is 5.16. The van der Waals surface area contributed by atoms with Gasteiger partial charge in [0.25, 0.3) is 5.91 Å². The van der Waals surface area contributed by atoms with Crippen molar-refractivity contribution in [1.29, 1.82) is 0 Å². The first-order valence-corrected chi connectivity index (χ1v) is 10.4. The summed E-state index contributed by atoms with van der Waals surface area (Å²) >= 11 is 0. The molecule has 0 bridgehead atoms. The van der Waals surface area contributed by atoms with Gasteiger partial charge in [-0.25, -0.2) is 4.98 Å². The van der Waals surface area contributed by atoms with Crippen molar-refractivity contribution >= 4 is 22.6 Å². The summed E-state index contributed by atoms with van der Waals surface area (Å²) in [6.45, 7) is 2.05. The Morgan fingerprint density at radius 2 is 1.62 bits per heavy atom. The highest BCUT2D eigenvalue weighted by Gasteiger charge is 2.12. The molecule has 5 heteroatoms. The lowest BCUT2D eigenvalue weighted by molar-refractivity contribution is 0.102. The summed E-state index contributed by atoms with van der Waals surface area (Å²) in [7, 11) is 0. The van der Waals surface area contributed by atoms with Crippen LogP contribution in [-0.2, 0) is 0 Å². The number of para-hydroxylation sites is 3. The van der Waals surface area contributed by atoms with Gasteiger partial charge in [0.05, 0.1) is 16.7 Å². The van der Waals surface area contributed by atoms with Gasteiger partial charge in [0.15, 0.2) is 5.75 Å². The van der Waals surface area contributed by atoms with Gasteiger partial charge in [-0.05, 0) is 61.0 Å². The molecule has 5 nitrogen and oxygen atoms in total. The molecule has 0 fully saturated rings. The van der Waals surface area contributed by atoms with Crippen molar-refractivity contribution in [1.82, 2.24) is 9.97 Å². The van der Waals surface area contributed by atoms with E-state index in [0.717, 1.165) is 22.4 Å². The zero-order valence-electron chi connectivity index (χ0n) is 17.5. The number of anilines is 1. The Morgan fingerprint density at radius 3 is 2.44 bits per heavy atom. The van der Waals surface area contributed by atoms with E-state index in [1.165, 1.54) is 5.56 Å². The quantitative estimate of drug-likeness (QED) is 0.338. The van der Waals surface area contributed by atoms with Crippen LogP contribution in [0.15, 0.2) is 97.1 Å². The zero-order valence-corrected chi connectivity index (χ0v) is 17.5. The molecule has 32 heavy (non-hydrogen) atoms. The normalized spacial score (nSPS) is 10.8. The second-order valence-electron chi connectivity index (χ2n) is 7.55. The Kier molecular flexibility index (Phi) is 5.14. The number of imidazole rings is 1. The number of nitrogens with zero attached hydrogens (tertiary/aromatic N) is 1. The molecular weight excluding hydrogens is 398 g/mol. The topological polar surface area (TPSA) is 67.0 Å². The molecule has 1 amide bonds. The van der Waals surface area contributed by atoms with Crippen molar-refractivity contribution < 1.29 is 9.53 Å². The van der Waals surface area contributed by atoms with Gasteiger partial charge in [-0.1, -0.05) is 48.5 Å². The summed E-state index contributed by atoms with van der Waals surface area (Å²) < 4.78 is 5.93. The van der Waals surface area contributed by atoms with Crippen molar-refractivity contribution in [3.63, 3.8) is 0 Å². The van der Waals surface area contributed by atoms with Crippen molar-refractivity contribution in [2.45, 2.75) is 6.92 Å². The summed E-state index contributed by atoms with van der Waals surface area (Å²) in [5.74, 6) is 1.86. The van der Waals surface area contributed by atoms with E-state index in [0.29, 0.717) is 22.7 Å². The number of aromatic amines is 1. The van der Waals surface area contributed by atoms with E-state index >= 15 is 0 Å². The fourth-order valence-electron chi connectivity index (χ4n) is 3.51. The predicted molar refractivity (Wildman–Crippen MR) is 127 cm³/mol. The minimum absolute atomic E-state index is 0.208. The van der Waals surface area contributed by atoms with Crippen LogP contribution < -0.4 is 10.1 Å². The van der Waals surface area contributed by atoms with E-state index < -0.39 is 0 Å². The third kappa shape index (κ3) is 4.09. The number of hydrogen-bond acceptors (Lipinski definition) is 3. The van der Waals surface area contributed by atoms with Crippen LogP contribution in [0.5, 0.6) is 11.5 Å². The van der Waals surface area contributed by atoms with Crippen LogP contribution in [0.4, 0.5) is 5.69 Å². The molecule has 4 aromatic carbocycles. The van der Waals surface area contributed by atoms with Crippen molar-refractivity contribution in [2.24, 2.45) is 0 Å². The summed E-state index contributed by atoms with van der Waals surface area (Å²) in [6, 6.07) is 30.4. The molecule has 0 saturated carbocycles. The molecule has 0 radical (unpaired) electrons. The fraction of sp³-hybridized carbons (Fsp3) is 0.0370. The Bertz CT molecular complexity index is 1390. The second kappa shape index (κ2) is 8.40. The van der Waals surface area contributed by atoms with E-state index in [2.05, 4.69) is 28.3 Å². The number of carbonyl (C=O) groups is 1. The predicted octanol–water partition coefficient (Wildman–Crippen LogP) is 6.58. The maximum atomic E-state index is 12.9. The van der Waals surface area contributed by atoms with Gasteiger partial charge in [-0.3, -0.25) is 4.79 Å². The molecule has 1 aromatic heterocycles. The molecule has 5 rings (SSSR count). The number of rotatable bonds is 5. The van der Waals surface area contributed by atoms with Gasteiger partial charge in [-0.15, -0.1) is 0 Å². The average Bonchev–Trinajstić information content (AvgIpc) is 3.24. The highest BCUT2D eigenvalue weighted by molar-refractivity contribution is 6.05. The summed E-state index contributed by atoms with van der Waals surface area (Å²) in [6.07, 6.45) is 0. The Morgan fingerprint density at radius 1 is 0.875 bits per heavy atom. The van der Waals surface area contributed by atoms with Crippen LogP contribution in [0.1, 0.15) is 15.9 Å². The number of benzene rings is 4. The van der Waals surface area contributed by atoms with Crippen LogP contribution in [0.2, 0.25) is 0 Å². The summed E-state index contributed by atoms with van der Waals surface area (Å²) in [5, 5.41) is 2.95. The highest BCUT2D eigenvalue weighted by Crippen LogP contribution is 2.29. The largest absolute Gasteiger partial charge is 0.455 e. The van der Waals surface area contributed by atoms with Crippen LogP contribution in [-0.4, -0.2) is 15.9 Å². The first kappa shape index (κ1) is 19.6. The Hall–Kier alpha value is -4.38. The molecule has 0 aliphatic heterocycles. The number of fused-ring (bicyclic) bond motifs is 1. The lowest BCUT2D eigenvalue weighted by Gasteiger charge is -2.12. The van der Waals surface area contributed by atoms with Gasteiger partial charge in [-0.2, -0.15) is 0 Å². The van der Waals surface area contributed by atoms with E-state index in [9.17, 15) is 4.79 Å². The number of ether oxygens (including phenoxy) is 1. The van der Waals surface area contributed by atoms with Crippen LogP contribution in [0.3, 0.4) is 0 Å². The molecule has 0 aliphatic carbocycles. The standard InChI is InChI=1S/C27H21N3O2/c1-18-11-16-22-24(17-18)29-26(28-22)19-12-14-20(15-13-19)27(31)30-23-9-5-6-10-25(23)32-21-7-3-2-4-8-21/h2-17H,1H3,(H,28,29)(H,30,31). The van der Waals surface area contributed by atoms with Crippen molar-refractivity contribution in [3.05, 3.63) is 108 Å². The molecule has 0 aliphatic rings. The van der Waals surface area contributed by atoms with Gasteiger partial charge >= 0.3 is 0 Å². The Labute approximate surface area is 185 Å². The first-order valence-electron chi connectivity index (χ1n) is 10.4. The molecule has 0 unspecified atom stereocenters. The van der Waals surface area contributed by atoms with Crippen LogP contribution in [0.25, 0.3) is 22.4 Å². The molecule has 156 valence electrons. The molecule has 1 heterocycles. The summed E-state index contributed by atoms with van der Waals surface area (Å²) in [5.41, 5.74) is 5.17. The zero-order chi connectivity index (χ0) is 21.9. The number of hydrogen-bond donors (Lipinski definition) is 2. The Balaban J connectivity index is 1.34. The molecule has 0 atom stereocenters.